The van der Waals surface area contributed by atoms with E-state index in [1.807, 2.05) is 25.5 Å². The van der Waals surface area contributed by atoms with Crippen LogP contribution in [-0.2, 0) is 24.9 Å². The lowest BCUT2D eigenvalue weighted by atomic mass is 10.1. The molecular weight excluding hydrogens is 517 g/mol. The first kappa shape index (κ1) is 28.3. The first-order valence-corrected chi connectivity index (χ1v) is 11.2. The van der Waals surface area contributed by atoms with Crippen molar-refractivity contribution in [3.8, 4) is 0 Å². The van der Waals surface area contributed by atoms with Crippen LogP contribution in [-0.4, -0.2) is 65.0 Å². The number of aryl methyl sites for hydroxylation is 1. The molecule has 1 atom stereocenters. The Bertz CT molecular complexity index is 782. The molecule has 180 valence electrons. The Hall–Kier alpha value is -1.72. The van der Waals surface area contributed by atoms with Crippen LogP contribution < -0.4 is 10.6 Å². The number of aromatic nitrogens is 3. The number of hydrogen-bond donors (Lipinski definition) is 2. The first-order valence-electron chi connectivity index (χ1n) is 11.2. The van der Waals surface area contributed by atoms with Crippen LogP contribution in [0.1, 0.15) is 43.9 Å². The van der Waals surface area contributed by atoms with Gasteiger partial charge in [-0.2, -0.15) is 0 Å². The second-order valence-corrected chi connectivity index (χ2v) is 7.83. The van der Waals surface area contributed by atoms with E-state index in [0.29, 0.717) is 12.6 Å². The fourth-order valence-electron chi connectivity index (χ4n) is 3.09. The molecule has 1 aromatic carbocycles. The maximum absolute atomic E-state index is 5.42. The molecule has 1 aromatic heterocycles. The molecule has 2 aromatic rings. The van der Waals surface area contributed by atoms with Crippen LogP contribution in [0.5, 0.6) is 0 Å². The summed E-state index contributed by atoms with van der Waals surface area (Å²) in [6.45, 7) is 10.8. The van der Waals surface area contributed by atoms with E-state index in [9.17, 15) is 0 Å². The lowest BCUT2D eigenvalue weighted by Crippen LogP contribution is -2.40. The SMILES string of the molecule is CCOCCCNC(=NCc1nnc(C)n1C)NCCC(C)N(C)Cc1ccccc1.I. The summed E-state index contributed by atoms with van der Waals surface area (Å²) in [7, 11) is 4.14. The van der Waals surface area contributed by atoms with Gasteiger partial charge >= 0.3 is 0 Å². The van der Waals surface area contributed by atoms with E-state index in [2.05, 4.69) is 70.0 Å². The third-order valence-electron chi connectivity index (χ3n) is 5.41. The lowest BCUT2D eigenvalue weighted by Gasteiger charge is -2.25. The van der Waals surface area contributed by atoms with E-state index in [4.69, 9.17) is 9.73 Å². The molecule has 0 fully saturated rings. The second kappa shape index (κ2) is 16.0. The molecule has 0 bridgehead atoms. The van der Waals surface area contributed by atoms with Gasteiger partial charge in [0.25, 0.3) is 0 Å². The fraction of sp³-hybridized carbons (Fsp3) is 0.609. The molecule has 0 amide bonds. The van der Waals surface area contributed by atoms with E-state index >= 15 is 0 Å². The largest absolute Gasteiger partial charge is 0.382 e. The number of benzene rings is 1. The number of halogens is 1. The highest BCUT2D eigenvalue weighted by atomic mass is 127. The van der Waals surface area contributed by atoms with Crippen molar-refractivity contribution in [1.29, 1.82) is 0 Å². The van der Waals surface area contributed by atoms with Gasteiger partial charge in [0.05, 0.1) is 0 Å². The van der Waals surface area contributed by atoms with Crippen molar-refractivity contribution in [3.05, 3.63) is 47.5 Å². The number of rotatable bonds is 13. The Morgan fingerprint density at radius 3 is 2.56 bits per heavy atom. The third-order valence-corrected chi connectivity index (χ3v) is 5.41. The molecule has 0 saturated heterocycles. The molecule has 32 heavy (non-hydrogen) atoms. The zero-order valence-electron chi connectivity index (χ0n) is 20.2. The van der Waals surface area contributed by atoms with Gasteiger partial charge in [-0.1, -0.05) is 30.3 Å². The normalized spacial score (nSPS) is 12.5. The maximum Gasteiger partial charge on any atom is 0.191 e. The van der Waals surface area contributed by atoms with Gasteiger partial charge in [-0.05, 0) is 46.2 Å². The molecule has 1 unspecified atom stereocenters. The summed E-state index contributed by atoms with van der Waals surface area (Å²) in [5.41, 5.74) is 1.34. The standard InChI is InChI=1S/C23H39N7O.HI/c1-6-31-16-10-14-24-23(26-17-22-28-27-20(3)30(22)5)25-15-13-19(2)29(4)18-21-11-8-7-9-12-21;/h7-9,11-12,19H,6,10,13-18H2,1-5H3,(H2,24,25,26);1H. The first-order chi connectivity index (χ1) is 15.0. The van der Waals surface area contributed by atoms with Gasteiger partial charge in [0.2, 0.25) is 0 Å². The van der Waals surface area contributed by atoms with Gasteiger partial charge < -0.3 is 19.9 Å². The Labute approximate surface area is 210 Å². The number of aliphatic imine (C=N–C) groups is 1. The average molecular weight is 558 g/mol. The van der Waals surface area contributed by atoms with Crippen LogP contribution in [0.15, 0.2) is 35.3 Å². The van der Waals surface area contributed by atoms with Crippen LogP contribution in [0, 0.1) is 6.92 Å². The van der Waals surface area contributed by atoms with Gasteiger partial charge in [-0.3, -0.25) is 4.90 Å². The van der Waals surface area contributed by atoms with Gasteiger partial charge in [-0.15, -0.1) is 34.2 Å². The summed E-state index contributed by atoms with van der Waals surface area (Å²) in [4.78, 5) is 7.09. The highest BCUT2D eigenvalue weighted by Gasteiger charge is 2.10. The number of hydrogen-bond acceptors (Lipinski definition) is 5. The minimum atomic E-state index is 0. The van der Waals surface area contributed by atoms with Crippen LogP contribution >= 0.6 is 24.0 Å². The molecule has 1 heterocycles. The van der Waals surface area contributed by atoms with Crippen LogP contribution in [0.25, 0.3) is 0 Å². The smallest absolute Gasteiger partial charge is 0.191 e. The highest BCUT2D eigenvalue weighted by Crippen LogP contribution is 2.08. The Balaban J connectivity index is 0.00000512. The predicted octanol–water partition coefficient (Wildman–Crippen LogP) is 3.11. The molecular formula is C23H40IN7O. The number of nitrogens with one attached hydrogen (secondary N) is 2. The summed E-state index contributed by atoms with van der Waals surface area (Å²) < 4.78 is 7.39. The summed E-state index contributed by atoms with van der Waals surface area (Å²) in [5, 5.41) is 15.2. The van der Waals surface area contributed by atoms with Crippen molar-refractivity contribution in [2.45, 2.75) is 52.7 Å². The topological polar surface area (TPSA) is 79.6 Å². The molecule has 2 N–H and O–H groups in total. The molecule has 0 aliphatic heterocycles. The second-order valence-electron chi connectivity index (χ2n) is 7.83. The quantitative estimate of drug-likeness (QED) is 0.171. The maximum atomic E-state index is 5.42. The molecule has 0 saturated carbocycles. The monoisotopic (exact) mass is 557 g/mol. The molecule has 2 rings (SSSR count). The zero-order chi connectivity index (χ0) is 22.5. The summed E-state index contributed by atoms with van der Waals surface area (Å²) in [6, 6.07) is 11.0. The number of guanidine groups is 1. The lowest BCUT2D eigenvalue weighted by molar-refractivity contribution is 0.145. The van der Waals surface area contributed by atoms with E-state index in [0.717, 1.165) is 63.3 Å². The van der Waals surface area contributed by atoms with Crippen molar-refractivity contribution < 1.29 is 4.74 Å². The van der Waals surface area contributed by atoms with E-state index in [1.165, 1.54) is 5.56 Å². The summed E-state index contributed by atoms with van der Waals surface area (Å²) in [5.74, 6) is 2.54. The van der Waals surface area contributed by atoms with Crippen molar-refractivity contribution in [1.82, 2.24) is 30.3 Å². The minimum absolute atomic E-state index is 0. The molecule has 0 radical (unpaired) electrons. The molecule has 0 spiro atoms. The predicted molar refractivity (Wildman–Crippen MR) is 141 cm³/mol. The van der Waals surface area contributed by atoms with Gasteiger partial charge in [0.1, 0.15) is 12.4 Å². The molecule has 0 aliphatic rings. The third kappa shape index (κ3) is 10.3. The zero-order valence-corrected chi connectivity index (χ0v) is 22.5. The van der Waals surface area contributed by atoms with Gasteiger partial charge in [-0.25, -0.2) is 4.99 Å². The van der Waals surface area contributed by atoms with Gasteiger partial charge in [0.15, 0.2) is 11.8 Å². The van der Waals surface area contributed by atoms with Crippen molar-refractivity contribution in [3.63, 3.8) is 0 Å². The van der Waals surface area contributed by atoms with Crippen molar-refractivity contribution in [2.75, 3.05) is 33.4 Å². The Morgan fingerprint density at radius 2 is 1.91 bits per heavy atom. The minimum Gasteiger partial charge on any atom is -0.382 e. The van der Waals surface area contributed by atoms with E-state index < -0.39 is 0 Å². The molecule has 9 heteroatoms. The average Bonchev–Trinajstić information content (AvgIpc) is 3.09. The van der Waals surface area contributed by atoms with E-state index in [-0.39, 0.29) is 24.0 Å². The molecule has 8 nitrogen and oxygen atoms in total. The molecule has 0 aliphatic carbocycles. The number of ether oxygens (including phenoxy) is 1. The van der Waals surface area contributed by atoms with Crippen LogP contribution in [0.4, 0.5) is 0 Å². The fourth-order valence-corrected chi connectivity index (χ4v) is 3.09. The summed E-state index contributed by atoms with van der Waals surface area (Å²) in [6.07, 6.45) is 1.96. The van der Waals surface area contributed by atoms with Crippen LogP contribution in [0.2, 0.25) is 0 Å². The highest BCUT2D eigenvalue weighted by molar-refractivity contribution is 14.0. The van der Waals surface area contributed by atoms with E-state index in [1.54, 1.807) is 0 Å². The Morgan fingerprint density at radius 1 is 1.19 bits per heavy atom. The van der Waals surface area contributed by atoms with Crippen molar-refractivity contribution >= 4 is 29.9 Å². The van der Waals surface area contributed by atoms with Gasteiger partial charge in [0, 0.05) is 45.9 Å². The summed E-state index contributed by atoms with van der Waals surface area (Å²) >= 11 is 0. The Kier molecular flexibility index (Phi) is 14.1. The van der Waals surface area contributed by atoms with Crippen LogP contribution in [0.3, 0.4) is 0 Å². The van der Waals surface area contributed by atoms with Crippen molar-refractivity contribution in [2.24, 2.45) is 12.0 Å². The number of nitrogens with zero attached hydrogens (tertiary/aromatic N) is 5.